The van der Waals surface area contributed by atoms with E-state index in [9.17, 15) is 39.0 Å². The van der Waals surface area contributed by atoms with Crippen LogP contribution in [0.25, 0.3) is 0 Å². The van der Waals surface area contributed by atoms with Gasteiger partial charge in [-0.05, 0) is 193 Å². The van der Waals surface area contributed by atoms with Crippen molar-refractivity contribution in [2.45, 2.75) is 579 Å². The van der Waals surface area contributed by atoms with Gasteiger partial charge in [0, 0.05) is 50.4 Å². The summed E-state index contributed by atoms with van der Waals surface area (Å²) >= 11 is 0. The molecular formula is C121H208O16. The fourth-order valence-electron chi connectivity index (χ4n) is 18.0. The van der Waals surface area contributed by atoms with Crippen molar-refractivity contribution in [1.29, 1.82) is 0 Å². The quantitative estimate of drug-likeness (QED) is 0.0250. The van der Waals surface area contributed by atoms with E-state index in [1.54, 1.807) is 0 Å². The summed E-state index contributed by atoms with van der Waals surface area (Å²) in [7, 11) is 0. The average Bonchev–Trinajstić information content (AvgIpc) is 1.63. The monoisotopic (exact) mass is 1920 g/mol. The molecule has 16 nitrogen and oxygen atoms in total. The number of carbonyl (C=O) groups is 6. The molecule has 0 aromatic rings. The van der Waals surface area contributed by atoms with Gasteiger partial charge in [0.15, 0.2) is 24.6 Å². The summed E-state index contributed by atoms with van der Waals surface area (Å²) < 4.78 is 51.6. The molecule has 1 aliphatic carbocycles. The summed E-state index contributed by atoms with van der Waals surface area (Å²) in [5, 5.41) is 26.1. The zero-order chi connectivity index (χ0) is 98.9. The summed E-state index contributed by atoms with van der Waals surface area (Å²) in [6.07, 6.45) is 105. The van der Waals surface area contributed by atoms with Crippen molar-refractivity contribution in [1.82, 2.24) is 0 Å². The molecule has 137 heavy (non-hydrogen) atoms. The Balaban J connectivity index is 2.70. The minimum atomic E-state index is -1.89. The van der Waals surface area contributed by atoms with Gasteiger partial charge in [-0.15, -0.1) is 0 Å². The molecule has 2 aliphatic rings. The molecule has 16 heteroatoms. The predicted molar refractivity (Wildman–Crippen MR) is 571 cm³/mol. The highest BCUT2D eigenvalue weighted by Crippen LogP contribution is 2.41. The lowest BCUT2D eigenvalue weighted by molar-refractivity contribution is -0.323. The van der Waals surface area contributed by atoms with Gasteiger partial charge in [0.25, 0.3) is 0 Å². The van der Waals surface area contributed by atoms with Crippen molar-refractivity contribution in [2.24, 2.45) is 11.8 Å². The molecule has 1 heterocycles. The average molecular weight is 1920 g/mol. The molecule has 1 aliphatic heterocycles. The molecule has 2 N–H and O–H groups in total. The molecule has 0 amide bonds. The van der Waals surface area contributed by atoms with E-state index < -0.39 is 103 Å². The Morgan fingerprint density at radius 3 is 0.723 bits per heavy atom. The van der Waals surface area contributed by atoms with Crippen molar-refractivity contribution in [3.63, 3.8) is 0 Å². The second-order valence-corrected chi connectivity index (χ2v) is 39.4. The number of allylic oxidation sites excluding steroid dienone is 20. The SMILES string of the molecule is CCC=CCC=CCC=CCCCCCCCC(=O)OC[C@H]1OC(OC2C(OC(=O)CCCCCCCC=CCC=CCCCCC)[C@H](O)C(COC(=O)CCCCCCCC=CCCCCCCCC)[C@@H]2COC(=O)CCCCCCCC=CCC=CCCCCC)C(O)[C@@H](OC(=O)CCCCCCCC=CCC=CCCCCC)C1OC(=O)CCCCCCCCCCCCCCCCC. The molecule has 1 saturated heterocycles. The van der Waals surface area contributed by atoms with E-state index in [4.69, 9.17) is 37.9 Å². The van der Waals surface area contributed by atoms with Crippen LogP contribution in [0.1, 0.15) is 530 Å². The van der Waals surface area contributed by atoms with Crippen molar-refractivity contribution in [3.8, 4) is 0 Å². The number of ether oxygens (including phenoxy) is 8. The third kappa shape index (κ3) is 76.4. The highest BCUT2D eigenvalue weighted by atomic mass is 16.7. The van der Waals surface area contributed by atoms with Crippen molar-refractivity contribution in [3.05, 3.63) is 122 Å². The maximum absolute atomic E-state index is 14.6. The lowest BCUT2D eigenvalue weighted by Gasteiger charge is -2.44. The van der Waals surface area contributed by atoms with E-state index in [-0.39, 0.29) is 51.7 Å². The lowest BCUT2D eigenvalue weighted by Crippen LogP contribution is -2.63. The van der Waals surface area contributed by atoms with Crippen LogP contribution in [0.2, 0.25) is 0 Å². The molecule has 0 spiro atoms. The van der Waals surface area contributed by atoms with Crippen molar-refractivity contribution >= 4 is 35.8 Å². The highest BCUT2D eigenvalue weighted by molar-refractivity contribution is 5.72. The molecule has 0 aromatic carbocycles. The summed E-state index contributed by atoms with van der Waals surface area (Å²) in [6, 6.07) is 0. The van der Waals surface area contributed by atoms with Gasteiger partial charge in [0.05, 0.1) is 13.2 Å². The third-order valence-electron chi connectivity index (χ3n) is 26.7. The Morgan fingerprint density at radius 2 is 0.431 bits per heavy atom. The number of hydrogen-bond donors (Lipinski definition) is 2. The number of aliphatic hydroxyl groups excluding tert-OH is 2. The fraction of sp³-hybridized carbons (Fsp3) is 0.785. The van der Waals surface area contributed by atoms with Gasteiger partial charge in [-0.25, -0.2) is 0 Å². The van der Waals surface area contributed by atoms with Gasteiger partial charge in [0.2, 0.25) is 0 Å². The Bertz CT molecular complexity index is 3120. The first kappa shape index (κ1) is 127. The smallest absolute Gasteiger partial charge is 0.306 e. The van der Waals surface area contributed by atoms with E-state index in [2.05, 4.69) is 163 Å². The molecule has 788 valence electrons. The predicted octanol–water partition coefficient (Wildman–Crippen LogP) is 33.8. The van der Waals surface area contributed by atoms with Gasteiger partial charge in [-0.3, -0.25) is 28.8 Å². The molecule has 0 radical (unpaired) electrons. The number of esters is 6. The molecule has 2 rings (SSSR count). The highest BCUT2D eigenvalue weighted by Gasteiger charge is 2.58. The van der Waals surface area contributed by atoms with Crippen LogP contribution in [-0.4, -0.2) is 115 Å². The second kappa shape index (κ2) is 97.5. The minimum Gasteiger partial charge on any atom is -0.465 e. The van der Waals surface area contributed by atoms with Gasteiger partial charge in [-0.2, -0.15) is 0 Å². The summed E-state index contributed by atoms with van der Waals surface area (Å²) in [4.78, 5) is 85.9. The first-order valence-electron chi connectivity index (χ1n) is 57.6. The van der Waals surface area contributed by atoms with Gasteiger partial charge >= 0.3 is 35.8 Å². The Kier molecular flexibility index (Phi) is 90.5. The second-order valence-electron chi connectivity index (χ2n) is 39.4. The Morgan fingerprint density at radius 1 is 0.219 bits per heavy atom. The molecule has 10 atom stereocenters. The van der Waals surface area contributed by atoms with Crippen LogP contribution in [0.3, 0.4) is 0 Å². The normalized spacial score (nSPS) is 18.8. The first-order valence-corrected chi connectivity index (χ1v) is 57.6. The van der Waals surface area contributed by atoms with Crippen LogP contribution < -0.4 is 0 Å². The Labute approximate surface area is 839 Å². The van der Waals surface area contributed by atoms with Crippen LogP contribution in [0.15, 0.2) is 122 Å². The van der Waals surface area contributed by atoms with Gasteiger partial charge in [-0.1, -0.05) is 420 Å². The maximum Gasteiger partial charge on any atom is 0.306 e. The molecular weight excluding hydrogens is 1710 g/mol. The number of rotatable bonds is 97. The van der Waals surface area contributed by atoms with Crippen LogP contribution >= 0.6 is 0 Å². The van der Waals surface area contributed by atoms with E-state index >= 15 is 0 Å². The standard InChI is InChI=1S/C121H208O16/c1-7-13-19-25-31-37-43-49-55-61-67-73-79-85-91-97-109(122)130-103-106-107(104-131-110(123)98-92-86-80-74-68-62-56-50-44-38-32-26-20-14-8-2)117(119(115(106)128)135-113(126)101-95-89-83-77-71-65-59-53-47-41-35-29-23-17-11-5)137-121-116(129)120(136-114(127)102-96-90-84-78-72-66-60-54-48-42-36-30-24-18-12-6)118(134-112(125)100-94-88-82-76-70-64-58-52-46-40-34-28-22-16-10-4)108(133-121)105-132-111(124)99-93-87-81-75-69-63-57-51-45-39-33-27-21-15-9-3/h15,21,32-33,35-36,38-39,41-42,49-51,53-57,59-60,106-108,115-121,128-129H,7-14,16-20,22-31,34,37,40,43-48,52,58,61-105H2,1-6H3/t106?,107-,108+,115+,116?,117?,118?,119?,120+,121?/m0/s1. The topological polar surface area (TPSA) is 217 Å². The molecule has 6 unspecified atom stereocenters. The summed E-state index contributed by atoms with van der Waals surface area (Å²) in [5.74, 6) is -5.39. The Hall–Kier alpha value is -5.94. The van der Waals surface area contributed by atoms with Gasteiger partial charge in [0.1, 0.15) is 31.0 Å². The summed E-state index contributed by atoms with van der Waals surface area (Å²) in [6.45, 7) is 12.1. The number of carbonyl (C=O) groups excluding carboxylic acids is 6. The maximum atomic E-state index is 14.6. The zero-order valence-corrected chi connectivity index (χ0v) is 88.8. The van der Waals surface area contributed by atoms with Crippen molar-refractivity contribution in [2.75, 3.05) is 19.8 Å². The number of aliphatic hydroxyl groups is 2. The molecule has 0 aromatic heterocycles. The van der Waals surface area contributed by atoms with Crippen LogP contribution in [-0.2, 0) is 66.7 Å². The molecule has 0 bridgehead atoms. The third-order valence-corrected chi connectivity index (χ3v) is 26.7. The molecule has 1 saturated carbocycles. The van der Waals surface area contributed by atoms with Crippen molar-refractivity contribution < 1.29 is 76.9 Å². The van der Waals surface area contributed by atoms with Crippen LogP contribution in [0.4, 0.5) is 0 Å². The molecule has 2 fully saturated rings. The largest absolute Gasteiger partial charge is 0.465 e. The fourth-order valence-corrected chi connectivity index (χ4v) is 18.0. The number of unbranched alkanes of at least 4 members (excludes halogenated alkanes) is 54. The van der Waals surface area contributed by atoms with Crippen LogP contribution in [0.5, 0.6) is 0 Å². The van der Waals surface area contributed by atoms with E-state index in [1.165, 1.54) is 161 Å². The van der Waals surface area contributed by atoms with Gasteiger partial charge < -0.3 is 48.1 Å². The summed E-state index contributed by atoms with van der Waals surface area (Å²) in [5.41, 5.74) is 0. The van der Waals surface area contributed by atoms with E-state index in [0.29, 0.717) is 38.5 Å². The number of hydrogen-bond acceptors (Lipinski definition) is 16. The minimum absolute atomic E-state index is 0.00686. The zero-order valence-electron chi connectivity index (χ0n) is 88.8. The van der Waals surface area contributed by atoms with E-state index in [1.807, 2.05) is 0 Å². The van der Waals surface area contributed by atoms with Crippen LogP contribution in [0, 0.1) is 11.8 Å². The first-order chi connectivity index (χ1) is 67.3. The lowest BCUT2D eigenvalue weighted by atomic mass is 9.94. The van der Waals surface area contributed by atoms with E-state index in [0.717, 1.165) is 250 Å².